The Labute approximate surface area is 98.8 Å². The van der Waals surface area contributed by atoms with Gasteiger partial charge in [0.15, 0.2) is 0 Å². The number of aromatic nitrogens is 2. The summed E-state index contributed by atoms with van der Waals surface area (Å²) in [7, 11) is 0. The number of carbonyl (C=O) groups excluding carboxylic acids is 1. The van der Waals surface area contributed by atoms with E-state index in [1.54, 1.807) is 21.8 Å². The highest BCUT2D eigenvalue weighted by Gasteiger charge is 2.31. The number of likely N-dealkylation sites (tertiary alicyclic amines) is 1. The fraction of sp³-hybridized carbons (Fsp3) is 0.545. The molecule has 6 heteroatoms. The number of carboxylic acids is 1. The third-order valence-corrected chi connectivity index (χ3v) is 3.01. The van der Waals surface area contributed by atoms with E-state index in [4.69, 9.17) is 5.11 Å². The highest BCUT2D eigenvalue weighted by atomic mass is 16.4. The van der Waals surface area contributed by atoms with Crippen molar-refractivity contribution in [3.05, 3.63) is 18.0 Å². The Morgan fingerprint density at radius 2 is 2.35 bits per heavy atom. The van der Waals surface area contributed by atoms with Crippen molar-refractivity contribution in [3.8, 4) is 0 Å². The Kier molecular flexibility index (Phi) is 3.12. The summed E-state index contributed by atoms with van der Waals surface area (Å²) in [5.41, 5.74) is 0.387. The number of hydrogen-bond acceptors (Lipinski definition) is 3. The summed E-state index contributed by atoms with van der Waals surface area (Å²) in [5.74, 6) is -1.45. The molecular formula is C11H15N3O3. The summed E-state index contributed by atoms with van der Waals surface area (Å²) < 4.78 is 1.68. The fourth-order valence-electron chi connectivity index (χ4n) is 1.96. The van der Waals surface area contributed by atoms with E-state index in [1.807, 2.05) is 6.92 Å². The number of aliphatic carboxylic acids is 1. The molecule has 1 aliphatic heterocycles. The molecule has 1 saturated heterocycles. The number of carbonyl (C=O) groups is 2. The van der Waals surface area contributed by atoms with E-state index in [1.165, 1.54) is 0 Å². The summed E-state index contributed by atoms with van der Waals surface area (Å²) in [6, 6.07) is 1.67. The van der Waals surface area contributed by atoms with Crippen LogP contribution in [-0.2, 0) is 11.3 Å². The van der Waals surface area contributed by atoms with Crippen LogP contribution in [0.3, 0.4) is 0 Å². The number of aryl methyl sites for hydroxylation is 1. The van der Waals surface area contributed by atoms with Crippen LogP contribution >= 0.6 is 0 Å². The Morgan fingerprint density at radius 3 is 2.88 bits per heavy atom. The average Bonchev–Trinajstić information content (AvgIpc) is 2.97. The van der Waals surface area contributed by atoms with E-state index in [-0.39, 0.29) is 12.5 Å². The molecule has 1 N–H and O–H groups in total. The molecule has 2 rings (SSSR count). The molecule has 1 aromatic rings. The third-order valence-electron chi connectivity index (χ3n) is 3.01. The molecule has 2 heterocycles. The summed E-state index contributed by atoms with van der Waals surface area (Å²) in [6.45, 7) is 3.44. The zero-order chi connectivity index (χ0) is 12.4. The van der Waals surface area contributed by atoms with Crippen molar-refractivity contribution in [1.29, 1.82) is 0 Å². The van der Waals surface area contributed by atoms with E-state index in [0.29, 0.717) is 25.2 Å². The zero-order valence-electron chi connectivity index (χ0n) is 9.67. The molecule has 92 valence electrons. The Morgan fingerprint density at radius 1 is 1.59 bits per heavy atom. The van der Waals surface area contributed by atoms with Gasteiger partial charge in [-0.05, 0) is 19.4 Å². The maximum atomic E-state index is 12.0. The van der Waals surface area contributed by atoms with E-state index in [2.05, 4.69) is 5.10 Å². The predicted molar refractivity (Wildman–Crippen MR) is 59.5 cm³/mol. The van der Waals surface area contributed by atoms with E-state index in [0.717, 1.165) is 0 Å². The fourth-order valence-corrected chi connectivity index (χ4v) is 1.96. The Hall–Kier alpha value is -1.85. The first-order valence-electron chi connectivity index (χ1n) is 5.67. The number of nitrogens with zero attached hydrogens (tertiary/aromatic N) is 3. The third kappa shape index (κ3) is 2.30. The maximum absolute atomic E-state index is 12.0. The van der Waals surface area contributed by atoms with Gasteiger partial charge in [-0.2, -0.15) is 5.10 Å². The first kappa shape index (κ1) is 11.6. The van der Waals surface area contributed by atoms with Crippen molar-refractivity contribution >= 4 is 11.9 Å². The smallest absolute Gasteiger partial charge is 0.308 e. The second kappa shape index (κ2) is 4.57. The second-order valence-corrected chi connectivity index (χ2v) is 4.13. The molecule has 0 saturated carbocycles. The lowest BCUT2D eigenvalue weighted by atomic mass is 10.1. The van der Waals surface area contributed by atoms with Crippen LogP contribution in [0.1, 0.15) is 23.8 Å². The molecule has 1 aromatic heterocycles. The highest BCUT2D eigenvalue weighted by molar-refractivity contribution is 5.92. The van der Waals surface area contributed by atoms with Crippen LogP contribution in [0.2, 0.25) is 0 Å². The average molecular weight is 237 g/mol. The van der Waals surface area contributed by atoms with Crippen LogP contribution in [0.25, 0.3) is 0 Å². The zero-order valence-corrected chi connectivity index (χ0v) is 9.67. The van der Waals surface area contributed by atoms with Gasteiger partial charge in [0.25, 0.3) is 5.91 Å². The highest BCUT2D eigenvalue weighted by Crippen LogP contribution is 2.18. The van der Waals surface area contributed by atoms with Crippen LogP contribution in [0.5, 0.6) is 0 Å². The standard InChI is InChI=1S/C11H15N3O3/c1-2-14-6-4-9(12-14)10(15)13-5-3-8(7-13)11(16)17/h4,6,8H,2-3,5,7H2,1H3,(H,16,17). The van der Waals surface area contributed by atoms with Crippen LogP contribution in [0.15, 0.2) is 12.3 Å². The van der Waals surface area contributed by atoms with Crippen molar-refractivity contribution in [1.82, 2.24) is 14.7 Å². The van der Waals surface area contributed by atoms with Crippen LogP contribution in [0, 0.1) is 5.92 Å². The van der Waals surface area contributed by atoms with Gasteiger partial charge in [-0.3, -0.25) is 14.3 Å². The molecule has 0 bridgehead atoms. The van der Waals surface area contributed by atoms with Gasteiger partial charge in [0.2, 0.25) is 0 Å². The maximum Gasteiger partial charge on any atom is 0.308 e. The van der Waals surface area contributed by atoms with Crippen LogP contribution in [0.4, 0.5) is 0 Å². The van der Waals surface area contributed by atoms with Crippen LogP contribution < -0.4 is 0 Å². The summed E-state index contributed by atoms with van der Waals surface area (Å²) in [5, 5.41) is 13.0. The first-order valence-corrected chi connectivity index (χ1v) is 5.67. The monoisotopic (exact) mass is 237 g/mol. The van der Waals surface area contributed by atoms with Gasteiger partial charge in [-0.25, -0.2) is 0 Å². The Balaban J connectivity index is 2.04. The van der Waals surface area contributed by atoms with E-state index in [9.17, 15) is 9.59 Å². The van der Waals surface area contributed by atoms with E-state index < -0.39 is 11.9 Å². The van der Waals surface area contributed by atoms with Crippen molar-refractivity contribution in [3.63, 3.8) is 0 Å². The lowest BCUT2D eigenvalue weighted by Gasteiger charge is -2.13. The van der Waals surface area contributed by atoms with Crippen molar-refractivity contribution in [2.75, 3.05) is 13.1 Å². The lowest BCUT2D eigenvalue weighted by Crippen LogP contribution is -2.30. The number of amides is 1. The normalized spacial score (nSPS) is 19.6. The minimum absolute atomic E-state index is 0.180. The van der Waals surface area contributed by atoms with Gasteiger partial charge in [0.05, 0.1) is 5.92 Å². The molecule has 0 aliphatic carbocycles. The van der Waals surface area contributed by atoms with Crippen molar-refractivity contribution in [2.24, 2.45) is 5.92 Å². The molecule has 1 amide bonds. The molecule has 1 aliphatic rings. The van der Waals surface area contributed by atoms with Gasteiger partial charge in [0, 0.05) is 25.8 Å². The van der Waals surface area contributed by atoms with Gasteiger partial charge < -0.3 is 10.0 Å². The molecule has 6 nitrogen and oxygen atoms in total. The first-order chi connectivity index (χ1) is 8.11. The number of hydrogen-bond donors (Lipinski definition) is 1. The minimum Gasteiger partial charge on any atom is -0.481 e. The second-order valence-electron chi connectivity index (χ2n) is 4.13. The Bertz CT molecular complexity index is 441. The molecule has 1 atom stereocenters. The molecule has 0 radical (unpaired) electrons. The summed E-state index contributed by atoms with van der Waals surface area (Å²) in [4.78, 5) is 24.4. The summed E-state index contributed by atoms with van der Waals surface area (Å²) in [6.07, 6.45) is 2.27. The van der Waals surface area contributed by atoms with Gasteiger partial charge in [0.1, 0.15) is 5.69 Å². The molecule has 1 fully saturated rings. The SMILES string of the molecule is CCn1ccc(C(=O)N2CCC(C(=O)O)C2)n1. The van der Waals surface area contributed by atoms with Crippen LogP contribution in [-0.4, -0.2) is 44.8 Å². The van der Waals surface area contributed by atoms with E-state index >= 15 is 0 Å². The summed E-state index contributed by atoms with van der Waals surface area (Å²) >= 11 is 0. The van der Waals surface area contributed by atoms with Gasteiger partial charge in [-0.1, -0.05) is 0 Å². The largest absolute Gasteiger partial charge is 0.481 e. The molecule has 1 unspecified atom stereocenters. The molecular weight excluding hydrogens is 222 g/mol. The minimum atomic E-state index is -0.834. The lowest BCUT2D eigenvalue weighted by molar-refractivity contribution is -0.141. The number of carboxylic acid groups (broad SMARTS) is 1. The molecule has 0 aromatic carbocycles. The topological polar surface area (TPSA) is 75.4 Å². The van der Waals surface area contributed by atoms with Crippen molar-refractivity contribution in [2.45, 2.75) is 19.9 Å². The number of rotatable bonds is 3. The molecule has 0 spiro atoms. The van der Waals surface area contributed by atoms with Gasteiger partial charge in [-0.15, -0.1) is 0 Å². The van der Waals surface area contributed by atoms with Crippen molar-refractivity contribution < 1.29 is 14.7 Å². The van der Waals surface area contributed by atoms with Gasteiger partial charge >= 0.3 is 5.97 Å². The quantitative estimate of drug-likeness (QED) is 0.828. The molecule has 17 heavy (non-hydrogen) atoms. The predicted octanol–water partition coefficient (Wildman–Crippen LogP) is 0.450.